The van der Waals surface area contributed by atoms with E-state index in [0.29, 0.717) is 36.1 Å². The molecule has 1 aliphatic rings. The highest BCUT2D eigenvalue weighted by molar-refractivity contribution is 7.15. The van der Waals surface area contributed by atoms with Crippen LogP contribution in [0.3, 0.4) is 0 Å². The molecule has 0 aliphatic carbocycles. The zero-order valence-electron chi connectivity index (χ0n) is 15.7. The number of para-hydroxylation sites is 4. The van der Waals surface area contributed by atoms with Crippen molar-refractivity contribution in [2.75, 3.05) is 0 Å². The molecule has 6 aromatic rings. The fraction of sp³-hybridized carbons (Fsp3) is 0. The van der Waals surface area contributed by atoms with Gasteiger partial charge in [-0.3, -0.25) is 0 Å². The number of rotatable bonds is 0. The fourth-order valence-corrected chi connectivity index (χ4v) is 10.7. The zero-order chi connectivity index (χ0) is 19.7. The Morgan fingerprint density at radius 3 is 0.900 bits per heavy atom. The van der Waals surface area contributed by atoms with Gasteiger partial charge in [0, 0.05) is 21.5 Å². The third-order valence-electron chi connectivity index (χ3n) is 5.71. The fourth-order valence-electron chi connectivity index (χ4n) is 4.30. The molecular weight excluding hydrogens is 433 g/mol. The maximum atomic E-state index is 6.54. The van der Waals surface area contributed by atoms with Crippen LogP contribution in [0, 0.1) is 0 Å². The molecule has 30 heavy (non-hydrogen) atoms. The molecule has 6 heteroatoms. The molecule has 4 bridgehead atoms. The van der Waals surface area contributed by atoms with E-state index in [1.54, 1.807) is 0 Å². The normalized spacial score (nSPS) is 14.1. The van der Waals surface area contributed by atoms with E-state index in [1.165, 1.54) is 42.3 Å². The van der Waals surface area contributed by atoms with E-state index in [0.717, 1.165) is 22.3 Å². The van der Waals surface area contributed by atoms with Gasteiger partial charge in [0.1, 0.15) is 22.3 Å². The van der Waals surface area contributed by atoms with Gasteiger partial charge in [-0.1, -0.05) is 72.8 Å². The summed E-state index contributed by atoms with van der Waals surface area (Å²) in [6, 6.07) is 26.4. The Kier molecular flexibility index (Phi) is 3.65. The van der Waals surface area contributed by atoms with Crippen LogP contribution < -0.4 is 20.7 Å². The van der Waals surface area contributed by atoms with Crippen LogP contribution in [-0.2, 0) is 0 Å². The highest BCUT2D eigenvalue weighted by Gasteiger charge is 2.18. The molecule has 0 amide bonds. The van der Waals surface area contributed by atoms with E-state index >= 15 is 0 Å². The smallest absolute Gasteiger partial charge is 0.133 e. The lowest BCUT2D eigenvalue weighted by molar-refractivity contribution is 0.673. The quantitative estimate of drug-likeness (QED) is 0.336. The number of fused-ring (bicyclic) bond motifs is 2. The van der Waals surface area contributed by atoms with E-state index in [-0.39, 0.29) is 0 Å². The van der Waals surface area contributed by atoms with Crippen LogP contribution >= 0.6 is 0 Å². The second kappa shape index (κ2) is 6.42. The molecule has 0 saturated carbocycles. The van der Waals surface area contributed by atoms with Gasteiger partial charge >= 0.3 is 0 Å². The van der Waals surface area contributed by atoms with Crippen molar-refractivity contribution in [2.45, 2.75) is 0 Å². The lowest BCUT2D eigenvalue weighted by Crippen LogP contribution is -2.30. The number of hydrogen-bond donors (Lipinski definition) is 0. The number of benzene rings is 4. The van der Waals surface area contributed by atoms with Gasteiger partial charge in [-0.2, -0.15) is 0 Å². The highest BCUT2D eigenvalue weighted by Crippen LogP contribution is 2.28. The van der Waals surface area contributed by atoms with E-state index in [9.17, 15) is 0 Å². The molecule has 7 rings (SSSR count). The van der Waals surface area contributed by atoms with Gasteiger partial charge in [-0.15, -0.1) is 0 Å². The summed E-state index contributed by atoms with van der Waals surface area (Å²) in [7, 11) is 2.64. The van der Waals surface area contributed by atoms with Gasteiger partial charge in [0.25, 0.3) is 0 Å². The minimum absolute atomic E-state index is 0.661. The Hall–Kier alpha value is -2.65. The maximum Gasteiger partial charge on any atom is 0.133 e. The first-order chi connectivity index (χ1) is 14.9. The van der Waals surface area contributed by atoms with Crippen molar-refractivity contribution < 1.29 is 8.83 Å². The van der Waals surface area contributed by atoms with Crippen molar-refractivity contribution in [1.82, 2.24) is 0 Å². The van der Waals surface area contributed by atoms with Gasteiger partial charge in [-0.25, -0.2) is 0 Å². The first kappa shape index (κ1) is 17.1. The summed E-state index contributed by atoms with van der Waals surface area (Å²) in [5, 5.41) is 10.2. The van der Waals surface area contributed by atoms with Gasteiger partial charge in [0.15, 0.2) is 0 Å². The minimum Gasteiger partial charge on any atom is -0.456 e. The van der Waals surface area contributed by atoms with Crippen LogP contribution in [0.25, 0.3) is 43.9 Å². The summed E-state index contributed by atoms with van der Waals surface area (Å²) in [5.74, 6) is 0. The Balaban J connectivity index is 1.55. The molecule has 2 nitrogen and oxygen atoms in total. The van der Waals surface area contributed by atoms with Crippen LogP contribution in [-0.4, -0.2) is 36.1 Å². The molecule has 0 atom stereocenters. The summed E-state index contributed by atoms with van der Waals surface area (Å²) >= 11 is 0. The lowest BCUT2D eigenvalue weighted by atomic mass is 10.1. The second-order valence-electron chi connectivity index (χ2n) is 7.43. The summed E-state index contributed by atoms with van der Waals surface area (Å²) in [5.41, 5.74) is 4.24. The van der Waals surface area contributed by atoms with Gasteiger partial charge in [-0.05, 0) is 20.7 Å². The molecule has 8 radical (unpaired) electrons. The first-order valence-electron chi connectivity index (χ1n) is 9.79. The molecule has 0 spiro atoms. The molecule has 1 aliphatic heterocycles. The standard InChI is InChI=1S/C24H12O2Si4/c1-5-13-14-6-2-10-18-22(14)25-21(13)17(9-1)27-28-19-11-3-7-15-16-8-4-12-20(30-29-18)24(16)26-23(15)19/h1-12H. The topological polar surface area (TPSA) is 26.3 Å². The molecule has 0 N–H and O–H groups in total. The monoisotopic (exact) mass is 444 g/mol. The van der Waals surface area contributed by atoms with Gasteiger partial charge in [0.2, 0.25) is 0 Å². The van der Waals surface area contributed by atoms with Crippen LogP contribution in [0.2, 0.25) is 0 Å². The first-order valence-corrected chi connectivity index (χ1v) is 15.8. The molecule has 2 aromatic heterocycles. The van der Waals surface area contributed by atoms with E-state index in [1.807, 2.05) is 0 Å². The number of hydrogen-bond acceptors (Lipinski definition) is 2. The second-order valence-corrected chi connectivity index (χ2v) is 13.6. The molecular formula is C24H12O2Si4. The molecule has 4 aromatic carbocycles. The Bertz CT molecular complexity index is 1370. The Morgan fingerprint density at radius 1 is 0.367 bits per heavy atom. The van der Waals surface area contributed by atoms with Crippen molar-refractivity contribution in [3.8, 4) is 0 Å². The van der Waals surface area contributed by atoms with Crippen molar-refractivity contribution >= 4 is 101 Å². The SMILES string of the molecule is c1cc2c3oc4c(cccc4c3c1)[Si][Si]c1cccc3c1oc1c(cccc13)[Si][Si]2. The predicted octanol–water partition coefficient (Wildman–Crippen LogP) is 2.35. The average Bonchev–Trinajstić information content (AvgIpc) is 3.36. The third-order valence-corrected chi connectivity index (χ3v) is 12.6. The molecule has 136 valence electrons. The van der Waals surface area contributed by atoms with Crippen LogP contribution in [0.1, 0.15) is 0 Å². The summed E-state index contributed by atoms with van der Waals surface area (Å²) in [6.07, 6.45) is 0. The highest BCUT2D eigenvalue weighted by atomic mass is 29.1. The van der Waals surface area contributed by atoms with Crippen LogP contribution in [0.5, 0.6) is 0 Å². The van der Waals surface area contributed by atoms with E-state index < -0.39 is 0 Å². The zero-order valence-corrected chi connectivity index (χ0v) is 19.7. The Morgan fingerprint density at radius 2 is 0.633 bits per heavy atom. The van der Waals surface area contributed by atoms with Crippen LogP contribution in [0.4, 0.5) is 0 Å². The predicted molar refractivity (Wildman–Crippen MR) is 129 cm³/mol. The van der Waals surface area contributed by atoms with Crippen LogP contribution in [0.15, 0.2) is 81.6 Å². The molecule has 0 fully saturated rings. The number of furan rings is 2. The van der Waals surface area contributed by atoms with E-state index in [4.69, 9.17) is 8.83 Å². The van der Waals surface area contributed by atoms with Gasteiger partial charge in [0.05, 0.1) is 36.1 Å². The van der Waals surface area contributed by atoms with Gasteiger partial charge < -0.3 is 8.83 Å². The average molecular weight is 445 g/mol. The molecule has 3 heterocycles. The van der Waals surface area contributed by atoms with Crippen molar-refractivity contribution in [1.29, 1.82) is 0 Å². The minimum atomic E-state index is 0.661. The van der Waals surface area contributed by atoms with Crippen molar-refractivity contribution in [2.24, 2.45) is 0 Å². The van der Waals surface area contributed by atoms with Crippen molar-refractivity contribution in [3.05, 3.63) is 72.8 Å². The third kappa shape index (κ3) is 2.39. The maximum absolute atomic E-state index is 6.54. The van der Waals surface area contributed by atoms with E-state index in [2.05, 4.69) is 72.8 Å². The summed E-state index contributed by atoms with van der Waals surface area (Å²) in [4.78, 5) is 0. The molecule has 0 unspecified atom stereocenters. The summed E-state index contributed by atoms with van der Waals surface area (Å²) in [6.45, 7) is 0. The molecule has 0 saturated heterocycles. The Labute approximate surface area is 182 Å². The largest absolute Gasteiger partial charge is 0.456 e. The lowest BCUT2D eigenvalue weighted by Gasteiger charge is -2.03. The van der Waals surface area contributed by atoms with Crippen molar-refractivity contribution in [3.63, 3.8) is 0 Å². The summed E-state index contributed by atoms with van der Waals surface area (Å²) < 4.78 is 13.1.